The van der Waals surface area contributed by atoms with Crippen molar-refractivity contribution in [3.8, 4) is 0 Å². The van der Waals surface area contributed by atoms with E-state index >= 15 is 0 Å². The quantitative estimate of drug-likeness (QED) is 0.841. The van der Waals surface area contributed by atoms with Crippen LogP contribution in [-0.4, -0.2) is 61.4 Å². The van der Waals surface area contributed by atoms with Gasteiger partial charge < -0.3 is 10.0 Å². The predicted molar refractivity (Wildman–Crippen MR) is 92.3 cm³/mol. The number of sulfonamides is 1. The fourth-order valence-corrected chi connectivity index (χ4v) is 4.44. The molecule has 1 heterocycles. The van der Waals surface area contributed by atoms with Crippen molar-refractivity contribution in [3.05, 3.63) is 29.8 Å². The lowest BCUT2D eigenvalue weighted by molar-refractivity contribution is 0.0651. The molecule has 1 N–H and O–H groups in total. The van der Waals surface area contributed by atoms with Crippen LogP contribution in [-0.2, 0) is 10.0 Å². The van der Waals surface area contributed by atoms with Gasteiger partial charge >= 0.3 is 0 Å². The van der Waals surface area contributed by atoms with E-state index < -0.39 is 10.0 Å². The standard InChI is InChI=1S/C17H26N2O4S/c1-3-19(4-2)24(22,23)16-7-5-15(6-8-16)17(21)18-11-9-14(13-20)10-12-18/h5-8,14,20H,3-4,9-13H2,1-2H3. The van der Waals surface area contributed by atoms with Crippen molar-refractivity contribution in [1.29, 1.82) is 0 Å². The summed E-state index contributed by atoms with van der Waals surface area (Å²) in [6.45, 7) is 5.86. The summed E-state index contributed by atoms with van der Waals surface area (Å²) in [5.74, 6) is 0.189. The van der Waals surface area contributed by atoms with E-state index in [2.05, 4.69) is 0 Å². The summed E-state index contributed by atoms with van der Waals surface area (Å²) in [4.78, 5) is 14.5. The summed E-state index contributed by atoms with van der Waals surface area (Å²) in [6, 6.07) is 6.16. The Bertz CT molecular complexity index is 646. The number of aliphatic hydroxyl groups excluding tert-OH is 1. The predicted octanol–water partition coefficient (Wildman–Crippen LogP) is 1.56. The van der Waals surface area contributed by atoms with Crippen LogP contribution in [0, 0.1) is 5.92 Å². The number of likely N-dealkylation sites (tertiary alicyclic amines) is 1. The van der Waals surface area contributed by atoms with Gasteiger partial charge in [0.1, 0.15) is 0 Å². The zero-order valence-corrected chi connectivity index (χ0v) is 15.1. The summed E-state index contributed by atoms with van der Waals surface area (Å²) in [7, 11) is -3.50. The highest BCUT2D eigenvalue weighted by atomic mass is 32.2. The van der Waals surface area contributed by atoms with Gasteiger partial charge in [-0.05, 0) is 43.0 Å². The van der Waals surface area contributed by atoms with Crippen molar-refractivity contribution in [3.63, 3.8) is 0 Å². The second-order valence-corrected chi connectivity index (χ2v) is 7.97. The lowest BCUT2D eigenvalue weighted by atomic mass is 9.97. The van der Waals surface area contributed by atoms with Crippen LogP contribution in [0.15, 0.2) is 29.2 Å². The highest BCUT2D eigenvalue weighted by Crippen LogP contribution is 2.20. The molecule has 134 valence electrons. The van der Waals surface area contributed by atoms with Gasteiger partial charge in [0.2, 0.25) is 10.0 Å². The lowest BCUT2D eigenvalue weighted by Gasteiger charge is -2.31. The minimum absolute atomic E-state index is 0.0850. The van der Waals surface area contributed by atoms with Crippen LogP contribution in [0.25, 0.3) is 0 Å². The summed E-state index contributed by atoms with van der Waals surface area (Å²) in [5.41, 5.74) is 0.496. The van der Waals surface area contributed by atoms with E-state index in [1.807, 2.05) is 0 Å². The Morgan fingerprint density at radius 1 is 1.17 bits per heavy atom. The summed E-state index contributed by atoms with van der Waals surface area (Å²) in [5, 5.41) is 9.16. The molecular weight excluding hydrogens is 328 g/mol. The van der Waals surface area contributed by atoms with E-state index in [-0.39, 0.29) is 23.3 Å². The van der Waals surface area contributed by atoms with Crippen molar-refractivity contribution in [1.82, 2.24) is 9.21 Å². The minimum Gasteiger partial charge on any atom is -0.396 e. The van der Waals surface area contributed by atoms with Gasteiger partial charge in [-0.3, -0.25) is 4.79 Å². The van der Waals surface area contributed by atoms with Crippen LogP contribution < -0.4 is 0 Å². The highest BCUT2D eigenvalue weighted by molar-refractivity contribution is 7.89. The Morgan fingerprint density at radius 3 is 2.17 bits per heavy atom. The number of amides is 1. The van der Waals surface area contributed by atoms with Crippen molar-refractivity contribution >= 4 is 15.9 Å². The van der Waals surface area contributed by atoms with Gasteiger partial charge in [0.25, 0.3) is 5.91 Å². The van der Waals surface area contributed by atoms with Gasteiger partial charge in [-0.25, -0.2) is 8.42 Å². The first kappa shape index (κ1) is 18.9. The summed E-state index contributed by atoms with van der Waals surface area (Å²) < 4.78 is 26.3. The zero-order valence-electron chi connectivity index (χ0n) is 14.3. The van der Waals surface area contributed by atoms with Crippen LogP contribution in [0.5, 0.6) is 0 Å². The molecule has 1 amide bonds. The maximum atomic E-state index is 12.5. The largest absolute Gasteiger partial charge is 0.396 e. The molecule has 2 rings (SSSR count). The molecule has 0 aliphatic carbocycles. The first-order valence-corrected chi connectivity index (χ1v) is 9.88. The van der Waals surface area contributed by atoms with Crippen molar-refractivity contribution in [2.75, 3.05) is 32.8 Å². The molecule has 1 aliphatic rings. The molecule has 1 fully saturated rings. The fourth-order valence-electron chi connectivity index (χ4n) is 2.98. The van der Waals surface area contributed by atoms with Crippen LogP contribution in [0.4, 0.5) is 0 Å². The topological polar surface area (TPSA) is 77.9 Å². The Kier molecular flexibility index (Phi) is 6.37. The first-order valence-electron chi connectivity index (χ1n) is 8.44. The van der Waals surface area contributed by atoms with Gasteiger partial charge in [-0.1, -0.05) is 13.8 Å². The number of hydrogen-bond acceptors (Lipinski definition) is 4. The third-order valence-corrected chi connectivity index (χ3v) is 6.67. The van der Waals surface area contributed by atoms with Gasteiger partial charge in [0.05, 0.1) is 4.90 Å². The third-order valence-electron chi connectivity index (χ3n) is 4.60. The third kappa shape index (κ3) is 3.96. The Balaban J connectivity index is 2.11. The molecule has 24 heavy (non-hydrogen) atoms. The van der Waals surface area contributed by atoms with Crippen molar-refractivity contribution in [2.24, 2.45) is 5.92 Å². The van der Waals surface area contributed by atoms with Crippen LogP contribution in [0.1, 0.15) is 37.0 Å². The maximum absolute atomic E-state index is 12.5. The van der Waals surface area contributed by atoms with E-state index in [1.165, 1.54) is 16.4 Å². The average molecular weight is 354 g/mol. The monoisotopic (exact) mass is 354 g/mol. The number of hydrogen-bond donors (Lipinski definition) is 1. The molecule has 0 spiro atoms. The number of rotatable bonds is 6. The molecule has 1 aliphatic heterocycles. The maximum Gasteiger partial charge on any atom is 0.253 e. The van der Waals surface area contributed by atoms with E-state index in [0.717, 1.165) is 12.8 Å². The second-order valence-electron chi connectivity index (χ2n) is 6.03. The number of nitrogens with zero attached hydrogens (tertiary/aromatic N) is 2. The summed E-state index contributed by atoms with van der Waals surface area (Å²) in [6.07, 6.45) is 1.60. The minimum atomic E-state index is -3.50. The Labute approximate surface area is 144 Å². The molecule has 0 aromatic heterocycles. The van der Waals surface area contributed by atoms with E-state index in [4.69, 9.17) is 5.11 Å². The normalized spacial score (nSPS) is 16.6. The second kappa shape index (κ2) is 8.09. The number of aliphatic hydroxyl groups is 1. The van der Waals surface area contributed by atoms with Gasteiger partial charge in [0.15, 0.2) is 0 Å². The van der Waals surface area contributed by atoms with E-state index in [1.54, 1.807) is 30.9 Å². The first-order chi connectivity index (χ1) is 11.4. The molecule has 7 heteroatoms. The number of benzene rings is 1. The molecule has 0 bridgehead atoms. The van der Waals surface area contributed by atoms with Gasteiger partial charge in [-0.15, -0.1) is 0 Å². The van der Waals surface area contributed by atoms with Crippen LogP contribution in [0.2, 0.25) is 0 Å². The number of piperidine rings is 1. The van der Waals surface area contributed by atoms with Gasteiger partial charge in [0, 0.05) is 38.3 Å². The molecule has 0 unspecified atom stereocenters. The molecule has 0 radical (unpaired) electrons. The average Bonchev–Trinajstić information content (AvgIpc) is 2.62. The fraction of sp³-hybridized carbons (Fsp3) is 0.588. The van der Waals surface area contributed by atoms with E-state index in [9.17, 15) is 13.2 Å². The van der Waals surface area contributed by atoms with E-state index in [0.29, 0.717) is 31.7 Å². The summed E-state index contributed by atoms with van der Waals surface area (Å²) >= 11 is 0. The SMILES string of the molecule is CCN(CC)S(=O)(=O)c1ccc(C(=O)N2CCC(CO)CC2)cc1. The van der Waals surface area contributed by atoms with Crippen LogP contribution >= 0.6 is 0 Å². The Hall–Kier alpha value is -1.44. The lowest BCUT2D eigenvalue weighted by Crippen LogP contribution is -2.39. The molecule has 0 atom stereocenters. The highest BCUT2D eigenvalue weighted by Gasteiger charge is 2.25. The van der Waals surface area contributed by atoms with Crippen LogP contribution in [0.3, 0.4) is 0 Å². The Morgan fingerprint density at radius 2 is 1.71 bits per heavy atom. The molecule has 1 aromatic rings. The van der Waals surface area contributed by atoms with Crippen molar-refractivity contribution < 1.29 is 18.3 Å². The molecule has 6 nitrogen and oxygen atoms in total. The molecule has 0 saturated carbocycles. The molecule has 1 aromatic carbocycles. The number of carbonyl (C=O) groups excluding carboxylic acids is 1. The molecular formula is C17H26N2O4S. The zero-order chi connectivity index (χ0) is 17.7. The number of carbonyl (C=O) groups is 1. The van der Waals surface area contributed by atoms with Gasteiger partial charge in [-0.2, -0.15) is 4.31 Å². The van der Waals surface area contributed by atoms with Crippen molar-refractivity contribution in [2.45, 2.75) is 31.6 Å². The smallest absolute Gasteiger partial charge is 0.253 e. The molecule has 1 saturated heterocycles.